The average molecular weight is 565 g/mol. The summed E-state index contributed by atoms with van der Waals surface area (Å²) in [5, 5.41) is 0. The number of thioether (sulfide) groups is 1. The van der Waals surface area contributed by atoms with Gasteiger partial charge < -0.3 is 28.7 Å². The van der Waals surface area contributed by atoms with Crippen LogP contribution in [0.3, 0.4) is 0 Å². The molecule has 2 aromatic heterocycles. The molecule has 0 fully saturated rings. The van der Waals surface area contributed by atoms with Gasteiger partial charge in [-0.25, -0.2) is 0 Å². The van der Waals surface area contributed by atoms with Gasteiger partial charge in [-0.1, -0.05) is 48.6 Å². The third kappa shape index (κ3) is 6.51. The van der Waals surface area contributed by atoms with Crippen molar-refractivity contribution in [2.24, 2.45) is 0 Å². The third-order valence-corrected chi connectivity index (χ3v) is 6.77. The summed E-state index contributed by atoms with van der Waals surface area (Å²) in [5.74, 6) is 0.380. The number of nitrogens with zero attached hydrogens (tertiary/aromatic N) is 1. The van der Waals surface area contributed by atoms with Gasteiger partial charge in [0, 0.05) is 23.4 Å². The highest BCUT2D eigenvalue weighted by atomic mass is 127. The Kier molecular flexibility index (Phi) is 10.4. The van der Waals surface area contributed by atoms with Crippen LogP contribution in [0.25, 0.3) is 5.69 Å². The summed E-state index contributed by atoms with van der Waals surface area (Å²) in [5.41, 5.74) is 2.20. The second kappa shape index (κ2) is 12.8. The molecule has 0 N–H and O–H groups in total. The van der Waals surface area contributed by atoms with Crippen LogP contribution < -0.4 is 28.5 Å². The molecular formula is C24H24INO3S2. The Balaban J connectivity index is 0.00000341. The van der Waals surface area contributed by atoms with E-state index in [-0.39, 0.29) is 42.2 Å². The number of ether oxygens (including phenoxy) is 1. The van der Waals surface area contributed by atoms with Crippen molar-refractivity contribution >= 4 is 34.9 Å². The molecule has 0 atom stereocenters. The minimum absolute atomic E-state index is 0. The monoisotopic (exact) mass is 565 g/mol. The standard InChI is InChI=1S/C24H24NO3S2.HI/c1-3-5-16-29-24-21(25-14-10-7-11-15-25)19(17-20(26)28-4-2)23(30-24)22(27)18-12-8-6-9-13-18;/h3,5-15H,4,16-17H2,1-2H3;1H/q+1;/p-1/b5-3+;. The van der Waals surface area contributed by atoms with Gasteiger partial charge in [-0.15, -0.1) is 23.1 Å². The van der Waals surface area contributed by atoms with Gasteiger partial charge in [0.15, 0.2) is 12.4 Å². The molecule has 0 aliphatic heterocycles. The van der Waals surface area contributed by atoms with Crippen molar-refractivity contribution < 1.29 is 42.9 Å². The van der Waals surface area contributed by atoms with Crippen LogP contribution in [0.1, 0.15) is 34.6 Å². The Morgan fingerprint density at radius 1 is 1.10 bits per heavy atom. The molecule has 0 aliphatic rings. The summed E-state index contributed by atoms with van der Waals surface area (Å²) < 4.78 is 8.19. The van der Waals surface area contributed by atoms with Crippen molar-refractivity contribution in [3.05, 3.63) is 89.1 Å². The number of ketones is 1. The molecule has 7 heteroatoms. The zero-order valence-corrected chi connectivity index (χ0v) is 21.2. The lowest BCUT2D eigenvalue weighted by molar-refractivity contribution is -0.598. The maximum Gasteiger partial charge on any atom is 0.310 e. The van der Waals surface area contributed by atoms with E-state index in [1.165, 1.54) is 11.3 Å². The maximum atomic E-state index is 13.4. The first kappa shape index (κ1) is 25.3. The lowest BCUT2D eigenvalue weighted by Crippen LogP contribution is -3.00. The topological polar surface area (TPSA) is 47.3 Å². The van der Waals surface area contributed by atoms with Crippen molar-refractivity contribution in [1.82, 2.24) is 0 Å². The first-order chi connectivity index (χ1) is 14.7. The predicted octanol–water partition coefficient (Wildman–Crippen LogP) is 2.03. The van der Waals surface area contributed by atoms with E-state index in [1.54, 1.807) is 30.8 Å². The lowest BCUT2D eigenvalue weighted by Gasteiger charge is -2.05. The molecule has 4 nitrogen and oxygen atoms in total. The molecule has 162 valence electrons. The number of hydrogen-bond donors (Lipinski definition) is 0. The van der Waals surface area contributed by atoms with Crippen LogP contribution in [-0.2, 0) is 16.0 Å². The summed E-state index contributed by atoms with van der Waals surface area (Å²) in [4.78, 5) is 26.4. The van der Waals surface area contributed by atoms with Gasteiger partial charge in [0.25, 0.3) is 0 Å². The smallest absolute Gasteiger partial charge is 0.310 e. The molecule has 0 saturated carbocycles. The minimum Gasteiger partial charge on any atom is -1.00 e. The Morgan fingerprint density at radius 3 is 2.42 bits per heavy atom. The van der Waals surface area contributed by atoms with Crippen molar-refractivity contribution in [2.45, 2.75) is 24.5 Å². The first-order valence-electron chi connectivity index (χ1n) is 9.77. The lowest BCUT2D eigenvalue weighted by atomic mass is 10.0. The molecule has 0 saturated heterocycles. The van der Waals surface area contributed by atoms with Crippen molar-refractivity contribution in [2.75, 3.05) is 12.4 Å². The Hall–Kier alpha value is -1.97. The van der Waals surface area contributed by atoms with Crippen LogP contribution in [0, 0.1) is 0 Å². The van der Waals surface area contributed by atoms with Crippen LogP contribution in [0.2, 0.25) is 0 Å². The predicted molar refractivity (Wildman–Crippen MR) is 122 cm³/mol. The Morgan fingerprint density at radius 2 is 1.77 bits per heavy atom. The summed E-state index contributed by atoms with van der Waals surface area (Å²) in [6, 6.07) is 15.0. The van der Waals surface area contributed by atoms with E-state index in [0.717, 1.165) is 15.6 Å². The number of carbonyl (C=O) groups is 2. The number of pyridine rings is 1. The van der Waals surface area contributed by atoms with Crippen LogP contribution in [0.5, 0.6) is 0 Å². The second-order valence-corrected chi connectivity index (χ2v) is 8.69. The first-order valence-corrected chi connectivity index (χ1v) is 11.6. The van der Waals surface area contributed by atoms with Crippen LogP contribution in [0.4, 0.5) is 0 Å². The number of carbonyl (C=O) groups excluding carboxylic acids is 2. The number of aromatic nitrogens is 1. The highest BCUT2D eigenvalue weighted by molar-refractivity contribution is 8.01. The minimum atomic E-state index is -0.333. The van der Waals surface area contributed by atoms with Crippen LogP contribution >= 0.6 is 23.1 Å². The summed E-state index contributed by atoms with van der Waals surface area (Å²) in [6.45, 7) is 4.08. The number of hydrogen-bond acceptors (Lipinski definition) is 5. The Bertz CT molecular complexity index is 1030. The van der Waals surface area contributed by atoms with E-state index in [1.807, 2.05) is 66.4 Å². The SMILES string of the molecule is C/C=C/CSc1sc(C(=O)c2ccccc2)c(CC(=O)OCC)c1-[n+]1ccccc1.[I-]. The number of halogens is 1. The number of allylic oxidation sites excluding steroid dienone is 1. The highest BCUT2D eigenvalue weighted by Crippen LogP contribution is 2.38. The zero-order chi connectivity index (χ0) is 21.3. The van der Waals surface area contributed by atoms with E-state index >= 15 is 0 Å². The van der Waals surface area contributed by atoms with Gasteiger partial charge in [-0.3, -0.25) is 9.59 Å². The quantitative estimate of drug-likeness (QED) is 0.0996. The average Bonchev–Trinajstić information content (AvgIpc) is 3.12. The van der Waals surface area contributed by atoms with E-state index in [9.17, 15) is 9.59 Å². The Labute approximate surface area is 208 Å². The van der Waals surface area contributed by atoms with E-state index < -0.39 is 0 Å². The fraction of sp³-hybridized carbons (Fsp3) is 0.208. The largest absolute Gasteiger partial charge is 1.00 e. The molecule has 0 radical (unpaired) electrons. The second-order valence-electron chi connectivity index (χ2n) is 6.39. The molecule has 3 rings (SSSR count). The van der Waals surface area contributed by atoms with E-state index in [4.69, 9.17) is 4.74 Å². The molecule has 3 aromatic rings. The van der Waals surface area contributed by atoms with Crippen molar-refractivity contribution in [3.8, 4) is 5.69 Å². The molecule has 0 amide bonds. The van der Waals surface area contributed by atoms with Crippen molar-refractivity contribution in [3.63, 3.8) is 0 Å². The van der Waals surface area contributed by atoms with E-state index in [2.05, 4.69) is 6.08 Å². The molecule has 0 spiro atoms. The summed E-state index contributed by atoms with van der Waals surface area (Å²) in [7, 11) is 0. The molecule has 2 heterocycles. The highest BCUT2D eigenvalue weighted by Gasteiger charge is 2.31. The third-order valence-electron chi connectivity index (χ3n) is 4.34. The summed E-state index contributed by atoms with van der Waals surface area (Å²) >= 11 is 3.11. The maximum absolute atomic E-state index is 13.4. The van der Waals surface area contributed by atoms with E-state index in [0.29, 0.717) is 22.6 Å². The zero-order valence-electron chi connectivity index (χ0n) is 17.4. The fourth-order valence-corrected chi connectivity index (χ4v) is 5.49. The van der Waals surface area contributed by atoms with Crippen molar-refractivity contribution in [1.29, 1.82) is 0 Å². The van der Waals surface area contributed by atoms with Crippen LogP contribution in [-0.4, -0.2) is 24.1 Å². The molecular weight excluding hydrogens is 541 g/mol. The molecule has 0 aliphatic carbocycles. The molecule has 31 heavy (non-hydrogen) atoms. The number of benzene rings is 1. The van der Waals surface area contributed by atoms with Gasteiger partial charge >= 0.3 is 5.97 Å². The number of thiophene rings is 1. The van der Waals surface area contributed by atoms with Gasteiger partial charge in [0.05, 0.1) is 23.5 Å². The molecule has 1 aromatic carbocycles. The van der Waals surface area contributed by atoms with Crippen LogP contribution in [0.15, 0.2) is 77.3 Å². The fourth-order valence-electron chi connectivity index (χ4n) is 2.98. The number of rotatable bonds is 9. The normalized spacial score (nSPS) is 10.6. The summed E-state index contributed by atoms with van der Waals surface area (Å²) in [6.07, 6.45) is 8.01. The number of esters is 1. The molecule has 0 bridgehead atoms. The van der Waals surface area contributed by atoms with Gasteiger partial charge in [0.1, 0.15) is 4.21 Å². The van der Waals surface area contributed by atoms with Gasteiger partial charge in [-0.05, 0) is 13.8 Å². The molecule has 0 unspecified atom stereocenters. The van der Waals surface area contributed by atoms with Gasteiger partial charge in [-0.2, -0.15) is 4.57 Å². The van der Waals surface area contributed by atoms with Gasteiger partial charge in [0.2, 0.25) is 11.5 Å².